The molecule has 0 aromatic rings. The van der Waals surface area contributed by atoms with Crippen molar-refractivity contribution in [2.75, 3.05) is 0 Å². The van der Waals surface area contributed by atoms with Gasteiger partial charge >= 0.3 is 0 Å². The number of rotatable bonds is 5. The van der Waals surface area contributed by atoms with E-state index in [9.17, 15) is 20.4 Å². The average Bonchev–Trinajstić information content (AvgIpc) is 3.04. The Labute approximate surface area is 194 Å². The van der Waals surface area contributed by atoms with Crippen molar-refractivity contribution in [3.05, 3.63) is 47.6 Å². The van der Waals surface area contributed by atoms with Gasteiger partial charge in [0.1, 0.15) is 5.60 Å². The Balaban J connectivity index is 1.78. The molecule has 4 N–H and O–H groups in total. The molecule has 0 heterocycles. The smallest absolute Gasteiger partial charge is 0.108 e. The maximum Gasteiger partial charge on any atom is 0.108 e. The van der Waals surface area contributed by atoms with E-state index in [1.807, 2.05) is 0 Å². The van der Waals surface area contributed by atoms with Crippen LogP contribution in [0.1, 0.15) is 79.6 Å². The summed E-state index contributed by atoms with van der Waals surface area (Å²) in [7, 11) is 0. The monoisotopic (exact) mass is 444 g/mol. The standard InChI is InChI=1S/C28H44O4/c1-18(13-15-28(6,32)26(3,4)31)23-11-12-24-20(8-7-14-27(23,24)5)9-10-21-16-22(29)17-25(30)19(21)2/h9-10,13,15,18,22-25,29-32H,2,7-8,11-12,14,16-17H2,1,3-6H3/b15-13+,20-9?,21-10?/t18-,22-,23-,24?,25?,27-,28-/m1/s1. The van der Waals surface area contributed by atoms with Crippen molar-refractivity contribution in [2.24, 2.45) is 23.2 Å². The molecule has 3 aliphatic rings. The van der Waals surface area contributed by atoms with E-state index in [1.54, 1.807) is 26.8 Å². The number of hydrogen-bond donors (Lipinski definition) is 4. The Bertz CT molecular complexity index is 797. The topological polar surface area (TPSA) is 80.9 Å². The van der Waals surface area contributed by atoms with Gasteiger partial charge in [-0.2, -0.15) is 0 Å². The van der Waals surface area contributed by atoms with Gasteiger partial charge in [-0.1, -0.05) is 50.3 Å². The molecule has 7 atom stereocenters. The lowest BCUT2D eigenvalue weighted by Crippen LogP contribution is -2.46. The van der Waals surface area contributed by atoms with Crippen LogP contribution in [0.2, 0.25) is 0 Å². The van der Waals surface area contributed by atoms with Crippen molar-refractivity contribution >= 4 is 0 Å². The highest BCUT2D eigenvalue weighted by Gasteiger charge is 2.50. The number of allylic oxidation sites excluding steroid dienone is 4. The fourth-order valence-corrected chi connectivity index (χ4v) is 6.29. The molecule has 4 heteroatoms. The minimum absolute atomic E-state index is 0.218. The molecule has 0 amide bonds. The zero-order chi connectivity index (χ0) is 23.9. The van der Waals surface area contributed by atoms with Crippen LogP contribution >= 0.6 is 0 Å². The summed E-state index contributed by atoms with van der Waals surface area (Å²) in [5.74, 6) is 1.39. The third-order valence-electron chi connectivity index (χ3n) is 8.90. The maximum atomic E-state index is 10.6. The highest BCUT2D eigenvalue weighted by atomic mass is 16.3. The Kier molecular flexibility index (Phi) is 7.32. The van der Waals surface area contributed by atoms with E-state index >= 15 is 0 Å². The van der Waals surface area contributed by atoms with Gasteiger partial charge < -0.3 is 20.4 Å². The first kappa shape index (κ1) is 25.4. The van der Waals surface area contributed by atoms with E-state index in [-0.39, 0.29) is 5.41 Å². The predicted molar refractivity (Wildman–Crippen MR) is 130 cm³/mol. The first-order chi connectivity index (χ1) is 14.8. The van der Waals surface area contributed by atoms with Crippen molar-refractivity contribution < 1.29 is 20.4 Å². The van der Waals surface area contributed by atoms with E-state index < -0.39 is 23.4 Å². The molecule has 3 aliphatic carbocycles. The van der Waals surface area contributed by atoms with E-state index in [4.69, 9.17) is 0 Å². The van der Waals surface area contributed by atoms with Gasteiger partial charge in [0, 0.05) is 6.42 Å². The van der Waals surface area contributed by atoms with Crippen molar-refractivity contribution in [3.63, 3.8) is 0 Å². The summed E-state index contributed by atoms with van der Waals surface area (Å²) in [5, 5.41) is 41.1. The average molecular weight is 445 g/mol. The predicted octanol–water partition coefficient (Wildman–Crippen LogP) is 4.84. The quantitative estimate of drug-likeness (QED) is 0.457. The lowest BCUT2D eigenvalue weighted by molar-refractivity contribution is -0.0886. The lowest BCUT2D eigenvalue weighted by Gasteiger charge is -2.44. The second kappa shape index (κ2) is 9.21. The fraction of sp³-hybridized carbons (Fsp3) is 0.714. The molecule has 3 fully saturated rings. The zero-order valence-corrected chi connectivity index (χ0v) is 20.6. The summed E-state index contributed by atoms with van der Waals surface area (Å²) in [6.45, 7) is 13.7. The molecule has 0 aromatic heterocycles. The summed E-state index contributed by atoms with van der Waals surface area (Å²) in [4.78, 5) is 0. The third kappa shape index (κ3) is 4.99. The molecular weight excluding hydrogens is 400 g/mol. The second-order valence-corrected chi connectivity index (χ2v) is 11.6. The molecule has 0 bridgehead atoms. The molecule has 0 spiro atoms. The van der Waals surface area contributed by atoms with E-state index in [0.29, 0.717) is 30.6 Å². The third-order valence-corrected chi connectivity index (χ3v) is 8.90. The van der Waals surface area contributed by atoms with Gasteiger partial charge in [-0.05, 0) is 93.6 Å². The molecule has 2 unspecified atom stereocenters. The highest BCUT2D eigenvalue weighted by Crippen LogP contribution is 2.59. The number of aliphatic hydroxyl groups excluding tert-OH is 2. The van der Waals surface area contributed by atoms with Crippen molar-refractivity contribution in [1.82, 2.24) is 0 Å². The summed E-state index contributed by atoms with van der Waals surface area (Å²) >= 11 is 0. The van der Waals surface area contributed by atoms with E-state index in [0.717, 1.165) is 24.0 Å². The van der Waals surface area contributed by atoms with Crippen molar-refractivity contribution in [2.45, 2.75) is 103 Å². The second-order valence-electron chi connectivity index (χ2n) is 11.6. The molecule has 4 nitrogen and oxygen atoms in total. The van der Waals surface area contributed by atoms with Crippen LogP contribution in [0.5, 0.6) is 0 Å². The molecule has 0 saturated heterocycles. The largest absolute Gasteiger partial charge is 0.393 e. The summed E-state index contributed by atoms with van der Waals surface area (Å²) in [6.07, 6.45) is 13.8. The summed E-state index contributed by atoms with van der Waals surface area (Å²) in [5.41, 5.74) is 0.958. The highest BCUT2D eigenvalue weighted by molar-refractivity contribution is 5.38. The number of hydrogen-bond acceptors (Lipinski definition) is 4. The number of fused-ring (bicyclic) bond motifs is 1. The molecule has 3 rings (SSSR count). The van der Waals surface area contributed by atoms with Crippen LogP contribution in [-0.2, 0) is 0 Å². The minimum atomic E-state index is -1.26. The summed E-state index contributed by atoms with van der Waals surface area (Å²) in [6, 6.07) is 0. The Morgan fingerprint density at radius 3 is 2.47 bits per heavy atom. The van der Waals surface area contributed by atoms with Gasteiger partial charge in [0.25, 0.3) is 0 Å². The Hall–Kier alpha value is -1.20. The molecule has 32 heavy (non-hydrogen) atoms. The van der Waals surface area contributed by atoms with Crippen LogP contribution in [-0.4, -0.2) is 43.8 Å². The van der Waals surface area contributed by atoms with Crippen LogP contribution in [0.25, 0.3) is 0 Å². The Morgan fingerprint density at radius 2 is 1.81 bits per heavy atom. The first-order valence-electron chi connectivity index (χ1n) is 12.4. The molecule has 0 radical (unpaired) electrons. The van der Waals surface area contributed by atoms with E-state index in [2.05, 4.69) is 38.7 Å². The molecule has 180 valence electrons. The lowest BCUT2D eigenvalue weighted by atomic mass is 9.61. The van der Waals surface area contributed by atoms with Crippen LogP contribution in [0.3, 0.4) is 0 Å². The van der Waals surface area contributed by atoms with Gasteiger partial charge in [-0.15, -0.1) is 0 Å². The van der Waals surface area contributed by atoms with Gasteiger partial charge in [-0.3, -0.25) is 0 Å². The molecule has 3 saturated carbocycles. The van der Waals surface area contributed by atoms with Gasteiger partial charge in [0.2, 0.25) is 0 Å². The van der Waals surface area contributed by atoms with Gasteiger partial charge in [0.05, 0.1) is 17.8 Å². The minimum Gasteiger partial charge on any atom is -0.393 e. The zero-order valence-electron chi connectivity index (χ0n) is 20.6. The van der Waals surface area contributed by atoms with Gasteiger partial charge in [0.15, 0.2) is 0 Å². The Morgan fingerprint density at radius 1 is 1.12 bits per heavy atom. The first-order valence-corrected chi connectivity index (χ1v) is 12.4. The normalized spacial score (nSPS) is 39.5. The van der Waals surface area contributed by atoms with Crippen LogP contribution < -0.4 is 0 Å². The van der Waals surface area contributed by atoms with E-state index in [1.165, 1.54) is 24.8 Å². The number of aliphatic hydroxyl groups is 4. The molecule has 0 aliphatic heterocycles. The van der Waals surface area contributed by atoms with Crippen LogP contribution in [0.4, 0.5) is 0 Å². The van der Waals surface area contributed by atoms with Crippen molar-refractivity contribution in [3.8, 4) is 0 Å². The van der Waals surface area contributed by atoms with Crippen LogP contribution in [0, 0.1) is 23.2 Å². The van der Waals surface area contributed by atoms with Crippen LogP contribution in [0.15, 0.2) is 47.6 Å². The van der Waals surface area contributed by atoms with Gasteiger partial charge in [-0.25, -0.2) is 0 Å². The SMILES string of the molecule is C=C1C(=CC=C2CCC[C@@]3(C)C2CC[C@@H]3[C@H](C)/C=C/[C@@](C)(O)C(C)(C)O)C[C@@H](O)CC1O. The molecular formula is C28H44O4. The molecule has 0 aromatic carbocycles. The fourth-order valence-electron chi connectivity index (χ4n) is 6.29. The summed E-state index contributed by atoms with van der Waals surface area (Å²) < 4.78 is 0. The van der Waals surface area contributed by atoms with Crippen molar-refractivity contribution in [1.29, 1.82) is 0 Å². The maximum absolute atomic E-state index is 10.6.